The molecule has 6 nitrogen and oxygen atoms in total. The number of rotatable bonds is 10. The largest absolute Gasteiger partial charge is 0.493 e. The molecular weight excluding hydrogens is 392 g/mol. The van der Waals surface area contributed by atoms with Crippen LogP contribution >= 0.6 is 0 Å². The molecule has 6 heteroatoms. The number of carbonyl (C=O) groups is 1. The Kier molecular flexibility index (Phi) is 9.47. The second-order valence-electron chi connectivity index (χ2n) is 9.07. The van der Waals surface area contributed by atoms with Crippen LogP contribution in [0.3, 0.4) is 0 Å². The highest BCUT2D eigenvalue weighted by Gasteiger charge is 2.29. The summed E-state index contributed by atoms with van der Waals surface area (Å²) in [5, 5.41) is 3.44. The first-order valence-electron chi connectivity index (χ1n) is 12.1. The van der Waals surface area contributed by atoms with E-state index in [2.05, 4.69) is 19.2 Å². The highest BCUT2D eigenvalue weighted by atomic mass is 16.5. The van der Waals surface area contributed by atoms with Crippen LogP contribution in [0.2, 0.25) is 0 Å². The molecule has 0 spiro atoms. The molecule has 1 N–H and O–H groups in total. The number of hydrogen-bond donors (Lipinski definition) is 1. The molecule has 1 saturated heterocycles. The average Bonchev–Trinajstić information content (AvgIpc) is 2.78. The predicted octanol–water partition coefficient (Wildman–Crippen LogP) is 4.42. The Balaban J connectivity index is 1.80. The third-order valence-electron chi connectivity index (χ3n) is 6.20. The summed E-state index contributed by atoms with van der Waals surface area (Å²) < 4.78 is 17.4. The molecule has 1 aromatic carbocycles. The number of nitrogens with one attached hydrogen (secondary N) is 1. The van der Waals surface area contributed by atoms with Crippen molar-refractivity contribution in [2.24, 2.45) is 0 Å². The van der Waals surface area contributed by atoms with Crippen LogP contribution in [0.5, 0.6) is 11.5 Å². The third-order valence-corrected chi connectivity index (χ3v) is 6.20. The van der Waals surface area contributed by atoms with Crippen molar-refractivity contribution in [3.05, 3.63) is 23.8 Å². The molecule has 31 heavy (non-hydrogen) atoms. The van der Waals surface area contributed by atoms with Gasteiger partial charge in [0.05, 0.1) is 12.7 Å². The number of benzene rings is 1. The van der Waals surface area contributed by atoms with Gasteiger partial charge in [0, 0.05) is 50.4 Å². The Hall–Kier alpha value is -1.79. The van der Waals surface area contributed by atoms with Crippen molar-refractivity contribution in [2.45, 2.75) is 83.4 Å². The van der Waals surface area contributed by atoms with Gasteiger partial charge in [-0.2, -0.15) is 0 Å². The van der Waals surface area contributed by atoms with Gasteiger partial charge < -0.3 is 24.4 Å². The first kappa shape index (κ1) is 23.9. The smallest absolute Gasteiger partial charge is 0.254 e. The molecule has 174 valence electrons. The highest BCUT2D eigenvalue weighted by Crippen LogP contribution is 2.29. The van der Waals surface area contributed by atoms with E-state index in [1.54, 1.807) is 7.11 Å². The second-order valence-corrected chi connectivity index (χ2v) is 9.07. The van der Waals surface area contributed by atoms with Crippen molar-refractivity contribution < 1.29 is 19.0 Å². The molecule has 2 aliphatic rings. The Bertz CT molecular complexity index is 682. The van der Waals surface area contributed by atoms with E-state index >= 15 is 0 Å². The normalized spacial score (nSPS) is 19.9. The zero-order chi connectivity index (χ0) is 22.1. The van der Waals surface area contributed by atoms with E-state index in [0.29, 0.717) is 24.5 Å². The molecule has 1 atom stereocenters. The molecule has 1 saturated carbocycles. The van der Waals surface area contributed by atoms with Crippen LogP contribution in [0.15, 0.2) is 18.2 Å². The number of piperidine rings is 1. The van der Waals surface area contributed by atoms with Gasteiger partial charge >= 0.3 is 0 Å². The zero-order valence-corrected chi connectivity index (χ0v) is 19.5. The molecular formula is C25H40N2O4. The minimum Gasteiger partial charge on any atom is -0.493 e. The summed E-state index contributed by atoms with van der Waals surface area (Å²) in [6, 6.07) is 6.06. The van der Waals surface area contributed by atoms with E-state index in [-0.39, 0.29) is 24.1 Å². The van der Waals surface area contributed by atoms with Gasteiger partial charge in [-0.15, -0.1) is 0 Å². The van der Waals surface area contributed by atoms with Gasteiger partial charge in [0.25, 0.3) is 5.91 Å². The van der Waals surface area contributed by atoms with Crippen LogP contribution in [0, 0.1) is 0 Å². The number of hydrogen-bond acceptors (Lipinski definition) is 5. The summed E-state index contributed by atoms with van der Waals surface area (Å²) in [6.45, 7) is 7.27. The average molecular weight is 433 g/mol. The molecule has 1 aromatic rings. The molecule has 0 bridgehead atoms. The fourth-order valence-corrected chi connectivity index (χ4v) is 4.66. The first-order chi connectivity index (χ1) is 15.1. The van der Waals surface area contributed by atoms with Gasteiger partial charge in [0.15, 0.2) is 0 Å². The van der Waals surface area contributed by atoms with E-state index in [9.17, 15) is 4.79 Å². The molecule has 0 radical (unpaired) electrons. The summed E-state index contributed by atoms with van der Waals surface area (Å²) in [4.78, 5) is 15.7. The maximum atomic E-state index is 13.6. The van der Waals surface area contributed by atoms with Gasteiger partial charge in [0.1, 0.15) is 11.5 Å². The summed E-state index contributed by atoms with van der Waals surface area (Å²) >= 11 is 0. The lowest BCUT2D eigenvalue weighted by Gasteiger charge is -2.37. The molecule has 2 fully saturated rings. The Labute approximate surface area is 187 Å². The van der Waals surface area contributed by atoms with Crippen molar-refractivity contribution in [3.63, 3.8) is 0 Å². The molecule has 1 aliphatic heterocycles. The van der Waals surface area contributed by atoms with Crippen LogP contribution in [0.1, 0.15) is 75.6 Å². The summed E-state index contributed by atoms with van der Waals surface area (Å²) in [5.74, 6) is 1.49. The number of nitrogens with zero attached hydrogens (tertiary/aromatic N) is 1. The van der Waals surface area contributed by atoms with Crippen molar-refractivity contribution in [3.8, 4) is 11.5 Å². The fourth-order valence-electron chi connectivity index (χ4n) is 4.66. The lowest BCUT2D eigenvalue weighted by Crippen LogP contribution is -2.51. The maximum absolute atomic E-state index is 13.6. The SMILES string of the molecule is COCCCOc1cc(OC2CCCCC2)cc(C(=O)N(C(C)C)[C@@H]2CCCNC2)c1. The van der Waals surface area contributed by atoms with Gasteiger partial charge in [0.2, 0.25) is 0 Å². The maximum Gasteiger partial charge on any atom is 0.254 e. The van der Waals surface area contributed by atoms with E-state index in [1.807, 2.05) is 23.1 Å². The van der Waals surface area contributed by atoms with Crippen LogP contribution < -0.4 is 14.8 Å². The summed E-state index contributed by atoms with van der Waals surface area (Å²) in [5.41, 5.74) is 0.648. The fraction of sp³-hybridized carbons (Fsp3) is 0.720. The van der Waals surface area contributed by atoms with Gasteiger partial charge in [-0.1, -0.05) is 6.42 Å². The molecule has 0 unspecified atom stereocenters. The number of amides is 1. The van der Waals surface area contributed by atoms with Gasteiger partial charge in [-0.05, 0) is 71.0 Å². The molecule has 1 heterocycles. The number of methoxy groups -OCH3 is 1. The molecule has 1 aliphatic carbocycles. The quantitative estimate of drug-likeness (QED) is 0.555. The second kappa shape index (κ2) is 12.3. The lowest BCUT2D eigenvalue weighted by molar-refractivity contribution is 0.0572. The summed E-state index contributed by atoms with van der Waals surface area (Å²) in [6.07, 6.45) is 9.02. The van der Waals surface area contributed by atoms with Crippen molar-refractivity contribution in [1.29, 1.82) is 0 Å². The Morgan fingerprint density at radius 2 is 1.84 bits per heavy atom. The van der Waals surface area contributed by atoms with Gasteiger partial charge in [-0.3, -0.25) is 4.79 Å². The number of ether oxygens (including phenoxy) is 3. The topological polar surface area (TPSA) is 60.0 Å². The minimum absolute atomic E-state index is 0.0551. The van der Waals surface area contributed by atoms with E-state index in [4.69, 9.17) is 14.2 Å². The monoisotopic (exact) mass is 432 g/mol. The van der Waals surface area contributed by atoms with Crippen molar-refractivity contribution in [2.75, 3.05) is 33.4 Å². The Morgan fingerprint density at radius 1 is 1.06 bits per heavy atom. The van der Waals surface area contributed by atoms with Gasteiger partial charge in [-0.25, -0.2) is 0 Å². The standard InChI is InChI=1S/C25H40N2O4/c1-19(2)27(21-9-7-12-26-18-21)25(28)20-15-23(30-14-8-13-29-3)17-24(16-20)31-22-10-5-4-6-11-22/h15-17,19,21-22,26H,4-14,18H2,1-3H3/t21-/m1/s1. The zero-order valence-electron chi connectivity index (χ0n) is 19.5. The van der Waals surface area contributed by atoms with E-state index < -0.39 is 0 Å². The lowest BCUT2D eigenvalue weighted by atomic mass is 9.98. The third kappa shape index (κ3) is 7.11. The number of carbonyl (C=O) groups excluding carboxylic acids is 1. The van der Waals surface area contributed by atoms with Crippen LogP contribution in [-0.4, -0.2) is 62.4 Å². The Morgan fingerprint density at radius 3 is 2.52 bits per heavy atom. The van der Waals surface area contributed by atoms with Crippen LogP contribution in [0.4, 0.5) is 0 Å². The van der Waals surface area contributed by atoms with E-state index in [1.165, 1.54) is 19.3 Å². The molecule has 3 rings (SSSR count). The predicted molar refractivity (Wildman–Crippen MR) is 123 cm³/mol. The highest BCUT2D eigenvalue weighted by molar-refractivity contribution is 5.95. The summed E-state index contributed by atoms with van der Waals surface area (Å²) in [7, 11) is 1.69. The van der Waals surface area contributed by atoms with E-state index in [0.717, 1.165) is 50.9 Å². The molecule has 1 amide bonds. The van der Waals surface area contributed by atoms with Crippen molar-refractivity contribution in [1.82, 2.24) is 10.2 Å². The van der Waals surface area contributed by atoms with Crippen molar-refractivity contribution >= 4 is 5.91 Å². The minimum atomic E-state index is 0.0551. The van der Waals surface area contributed by atoms with Crippen LogP contribution in [-0.2, 0) is 4.74 Å². The molecule has 0 aromatic heterocycles. The first-order valence-corrected chi connectivity index (χ1v) is 12.1. The van der Waals surface area contributed by atoms with Crippen LogP contribution in [0.25, 0.3) is 0 Å².